The maximum Gasteiger partial charge on any atom is 0.169 e. The number of hydrogen-bond donors (Lipinski definition) is 1. The van der Waals surface area contributed by atoms with Gasteiger partial charge in [0.15, 0.2) is 5.78 Å². The maximum atomic E-state index is 12.5. The van der Waals surface area contributed by atoms with Crippen molar-refractivity contribution in [2.75, 3.05) is 7.05 Å². The number of carbonyl (C=O) groups excluding carboxylic acids is 1. The molecule has 2 heteroatoms. The molecule has 21 heavy (non-hydrogen) atoms. The zero-order valence-electron chi connectivity index (χ0n) is 12.6. The van der Waals surface area contributed by atoms with Crippen molar-refractivity contribution in [1.29, 1.82) is 0 Å². The van der Waals surface area contributed by atoms with Crippen molar-refractivity contribution in [2.24, 2.45) is 0 Å². The first-order valence-electron chi connectivity index (χ1n) is 7.28. The van der Waals surface area contributed by atoms with Crippen LogP contribution in [0.5, 0.6) is 0 Å². The molecule has 0 unspecified atom stereocenters. The van der Waals surface area contributed by atoms with E-state index in [1.807, 2.05) is 49.5 Å². The van der Waals surface area contributed by atoms with Gasteiger partial charge in [0, 0.05) is 25.2 Å². The van der Waals surface area contributed by atoms with Crippen LogP contribution in [0.3, 0.4) is 0 Å². The lowest BCUT2D eigenvalue weighted by Gasteiger charge is -2.08. The molecule has 0 saturated carbocycles. The fourth-order valence-electron chi connectivity index (χ4n) is 2.27. The molecule has 2 aromatic carbocycles. The van der Waals surface area contributed by atoms with E-state index in [9.17, 15) is 4.79 Å². The van der Waals surface area contributed by atoms with E-state index in [4.69, 9.17) is 0 Å². The topological polar surface area (TPSA) is 29.1 Å². The molecular formula is C19H21NO. The molecule has 0 saturated heterocycles. The zero-order valence-corrected chi connectivity index (χ0v) is 12.6. The average molecular weight is 279 g/mol. The summed E-state index contributed by atoms with van der Waals surface area (Å²) >= 11 is 0. The van der Waals surface area contributed by atoms with E-state index in [0.29, 0.717) is 6.42 Å². The van der Waals surface area contributed by atoms with Gasteiger partial charge in [0.05, 0.1) is 0 Å². The Hall–Kier alpha value is -2.35. The van der Waals surface area contributed by atoms with Crippen molar-refractivity contribution in [3.63, 3.8) is 0 Å². The molecule has 2 aromatic rings. The monoisotopic (exact) mass is 279 g/mol. The van der Waals surface area contributed by atoms with Gasteiger partial charge in [0.1, 0.15) is 0 Å². The third-order valence-electron chi connectivity index (χ3n) is 3.47. The van der Waals surface area contributed by atoms with Gasteiger partial charge in [-0.25, -0.2) is 0 Å². The lowest BCUT2D eigenvalue weighted by molar-refractivity contribution is -0.113. The molecule has 108 valence electrons. The number of rotatable bonds is 6. The summed E-state index contributed by atoms with van der Waals surface area (Å²) in [5.41, 5.74) is 4.00. The van der Waals surface area contributed by atoms with E-state index in [-0.39, 0.29) is 5.78 Å². The summed E-state index contributed by atoms with van der Waals surface area (Å²) in [4.78, 5) is 12.5. The molecule has 1 N–H and O–H groups in total. The molecule has 0 spiro atoms. The van der Waals surface area contributed by atoms with E-state index in [0.717, 1.165) is 23.1 Å². The summed E-state index contributed by atoms with van der Waals surface area (Å²) in [6.07, 6.45) is 3.21. The molecule has 0 aliphatic carbocycles. The van der Waals surface area contributed by atoms with E-state index in [1.165, 1.54) is 5.56 Å². The van der Waals surface area contributed by atoms with Gasteiger partial charge >= 0.3 is 0 Å². The first kappa shape index (κ1) is 15.0. The SMILES string of the molecule is CCc1ccc(C(=CNC)C(=O)Cc2ccccc2)cc1. The summed E-state index contributed by atoms with van der Waals surface area (Å²) < 4.78 is 0. The van der Waals surface area contributed by atoms with Gasteiger partial charge in [-0.2, -0.15) is 0 Å². The van der Waals surface area contributed by atoms with Crippen molar-refractivity contribution < 1.29 is 4.79 Å². The van der Waals surface area contributed by atoms with Crippen LogP contribution in [-0.2, 0) is 17.6 Å². The van der Waals surface area contributed by atoms with Crippen molar-refractivity contribution in [1.82, 2.24) is 5.32 Å². The molecule has 0 aliphatic rings. The normalized spacial score (nSPS) is 11.2. The van der Waals surface area contributed by atoms with E-state index in [2.05, 4.69) is 24.4 Å². The smallest absolute Gasteiger partial charge is 0.169 e. The van der Waals surface area contributed by atoms with Gasteiger partial charge in [-0.15, -0.1) is 0 Å². The fourth-order valence-corrected chi connectivity index (χ4v) is 2.27. The Balaban J connectivity index is 2.22. The van der Waals surface area contributed by atoms with Gasteiger partial charge in [-0.05, 0) is 23.1 Å². The molecule has 0 amide bonds. The molecule has 0 aliphatic heterocycles. The number of ketones is 1. The minimum Gasteiger partial charge on any atom is -0.393 e. The van der Waals surface area contributed by atoms with Gasteiger partial charge in [0.25, 0.3) is 0 Å². The minimum absolute atomic E-state index is 0.125. The van der Waals surface area contributed by atoms with Crippen LogP contribution in [0.1, 0.15) is 23.6 Å². The van der Waals surface area contributed by atoms with Crippen LogP contribution >= 0.6 is 0 Å². The number of benzene rings is 2. The quantitative estimate of drug-likeness (QED) is 0.818. The van der Waals surface area contributed by atoms with Crippen LogP contribution in [0.2, 0.25) is 0 Å². The van der Waals surface area contributed by atoms with Crippen LogP contribution in [0, 0.1) is 0 Å². The van der Waals surface area contributed by atoms with Crippen molar-refractivity contribution in [3.05, 3.63) is 77.5 Å². The summed E-state index contributed by atoms with van der Waals surface area (Å²) in [7, 11) is 1.82. The zero-order chi connectivity index (χ0) is 15.1. The van der Waals surface area contributed by atoms with Crippen molar-refractivity contribution in [2.45, 2.75) is 19.8 Å². The first-order chi connectivity index (χ1) is 10.2. The summed E-state index contributed by atoms with van der Waals surface area (Å²) in [5, 5.41) is 2.98. The van der Waals surface area contributed by atoms with Gasteiger partial charge < -0.3 is 5.32 Å². The number of aryl methyl sites for hydroxylation is 1. The van der Waals surface area contributed by atoms with E-state index >= 15 is 0 Å². The second kappa shape index (κ2) is 7.44. The Bertz CT molecular complexity index is 612. The van der Waals surface area contributed by atoms with Crippen LogP contribution in [0.15, 0.2) is 60.8 Å². The highest BCUT2D eigenvalue weighted by atomic mass is 16.1. The standard InChI is InChI=1S/C19H21NO/c1-3-15-9-11-17(12-10-15)18(14-20-2)19(21)13-16-7-5-4-6-8-16/h4-12,14,20H,3,13H2,1-2H3. The van der Waals surface area contributed by atoms with E-state index < -0.39 is 0 Å². The Kier molecular flexibility index (Phi) is 5.33. The molecule has 2 rings (SSSR count). The van der Waals surface area contributed by atoms with Crippen LogP contribution in [0.4, 0.5) is 0 Å². The number of carbonyl (C=O) groups is 1. The van der Waals surface area contributed by atoms with Crippen LogP contribution < -0.4 is 5.32 Å². The number of Topliss-reactive ketones (excluding diaryl/α,β-unsaturated/α-hetero) is 1. The van der Waals surface area contributed by atoms with Gasteiger partial charge in [-0.1, -0.05) is 61.5 Å². The predicted octanol–water partition coefficient (Wildman–Crippen LogP) is 3.62. The lowest BCUT2D eigenvalue weighted by atomic mass is 9.96. The fraction of sp³-hybridized carbons (Fsp3) is 0.211. The lowest BCUT2D eigenvalue weighted by Crippen LogP contribution is -2.09. The predicted molar refractivity (Wildman–Crippen MR) is 88.0 cm³/mol. The molecule has 0 bridgehead atoms. The third-order valence-corrected chi connectivity index (χ3v) is 3.47. The molecule has 0 radical (unpaired) electrons. The highest BCUT2D eigenvalue weighted by Crippen LogP contribution is 2.18. The Morgan fingerprint density at radius 1 is 1.00 bits per heavy atom. The van der Waals surface area contributed by atoms with Crippen LogP contribution in [0.25, 0.3) is 5.57 Å². The average Bonchev–Trinajstić information content (AvgIpc) is 2.53. The Labute approximate surface area is 126 Å². The molecular weight excluding hydrogens is 258 g/mol. The van der Waals surface area contributed by atoms with E-state index in [1.54, 1.807) is 6.20 Å². The van der Waals surface area contributed by atoms with Gasteiger partial charge in [0.2, 0.25) is 0 Å². The second-order valence-electron chi connectivity index (χ2n) is 4.98. The number of hydrogen-bond acceptors (Lipinski definition) is 2. The summed E-state index contributed by atoms with van der Waals surface area (Å²) in [6, 6.07) is 18.0. The first-order valence-corrected chi connectivity index (χ1v) is 7.28. The number of nitrogens with one attached hydrogen (secondary N) is 1. The summed E-state index contributed by atoms with van der Waals surface area (Å²) in [5.74, 6) is 0.125. The molecule has 0 atom stereocenters. The molecule has 2 nitrogen and oxygen atoms in total. The largest absolute Gasteiger partial charge is 0.393 e. The van der Waals surface area contributed by atoms with Crippen LogP contribution in [-0.4, -0.2) is 12.8 Å². The summed E-state index contributed by atoms with van der Waals surface area (Å²) in [6.45, 7) is 2.12. The Morgan fingerprint density at radius 3 is 2.24 bits per heavy atom. The third kappa shape index (κ3) is 4.06. The molecule has 0 aromatic heterocycles. The Morgan fingerprint density at radius 2 is 1.67 bits per heavy atom. The van der Waals surface area contributed by atoms with Crippen molar-refractivity contribution >= 4 is 11.4 Å². The highest BCUT2D eigenvalue weighted by Gasteiger charge is 2.12. The molecule has 0 heterocycles. The van der Waals surface area contributed by atoms with Crippen molar-refractivity contribution in [3.8, 4) is 0 Å². The highest BCUT2D eigenvalue weighted by molar-refractivity contribution is 6.21. The minimum atomic E-state index is 0.125. The molecule has 0 fully saturated rings. The maximum absolute atomic E-state index is 12.5. The van der Waals surface area contributed by atoms with Gasteiger partial charge in [-0.3, -0.25) is 4.79 Å². The number of allylic oxidation sites excluding steroid dienone is 1. The second-order valence-corrected chi connectivity index (χ2v) is 4.98.